The third-order valence-electron chi connectivity index (χ3n) is 4.06. The van der Waals surface area contributed by atoms with Crippen LogP contribution in [0.3, 0.4) is 0 Å². The molecule has 92 valence electrons. The van der Waals surface area contributed by atoms with E-state index in [0.717, 1.165) is 17.8 Å². The van der Waals surface area contributed by atoms with Gasteiger partial charge in [0, 0.05) is 11.0 Å². The van der Waals surface area contributed by atoms with E-state index < -0.39 is 0 Å². The molecule has 0 unspecified atom stereocenters. The second-order valence-corrected chi connectivity index (χ2v) is 5.36. The van der Waals surface area contributed by atoms with Crippen molar-refractivity contribution < 1.29 is 4.57 Å². The molecule has 0 saturated heterocycles. The van der Waals surface area contributed by atoms with Gasteiger partial charge < -0.3 is 0 Å². The molecule has 0 radical (unpaired) electrons. The second kappa shape index (κ2) is 3.41. The number of nitrogens with zero attached hydrogens (tertiary/aromatic N) is 2. The summed E-state index contributed by atoms with van der Waals surface area (Å²) in [5.74, 6) is 0. The van der Waals surface area contributed by atoms with Gasteiger partial charge in [0.2, 0.25) is 5.52 Å². The summed E-state index contributed by atoms with van der Waals surface area (Å²) in [7, 11) is 0. The lowest BCUT2D eigenvalue weighted by Gasteiger charge is -2.07. The molecule has 4 rings (SSSR count). The van der Waals surface area contributed by atoms with Crippen LogP contribution in [0.15, 0.2) is 37.0 Å². The summed E-state index contributed by atoms with van der Waals surface area (Å²) in [6.45, 7) is 9.37. The first-order chi connectivity index (χ1) is 9.16. The summed E-state index contributed by atoms with van der Waals surface area (Å²) < 4.78 is 2.29. The molecule has 2 aromatic carbocycles. The van der Waals surface area contributed by atoms with Gasteiger partial charge in [-0.2, -0.15) is 4.57 Å². The third-order valence-corrected chi connectivity index (χ3v) is 4.06. The molecule has 1 aromatic heterocycles. The summed E-state index contributed by atoms with van der Waals surface area (Å²) in [4.78, 5) is 4.78. The number of hydrogen-bond acceptors (Lipinski definition) is 1. The molecular weight excluding hydrogens is 232 g/mol. The molecule has 0 fully saturated rings. The first-order valence-electron chi connectivity index (χ1n) is 6.57. The van der Waals surface area contributed by atoms with Crippen LogP contribution in [0.4, 0.5) is 0 Å². The molecule has 0 saturated carbocycles. The highest BCUT2D eigenvalue weighted by atomic mass is 15.0. The van der Waals surface area contributed by atoms with Gasteiger partial charge in [-0.25, -0.2) is 4.98 Å². The van der Waals surface area contributed by atoms with E-state index in [1.54, 1.807) is 0 Å². The van der Waals surface area contributed by atoms with E-state index in [2.05, 4.69) is 55.5 Å². The van der Waals surface area contributed by atoms with Crippen molar-refractivity contribution in [1.82, 2.24) is 4.98 Å². The van der Waals surface area contributed by atoms with Crippen LogP contribution in [0.25, 0.3) is 27.4 Å². The fourth-order valence-electron chi connectivity index (χ4n) is 3.30. The van der Waals surface area contributed by atoms with Crippen molar-refractivity contribution >= 4 is 27.4 Å². The van der Waals surface area contributed by atoms with Gasteiger partial charge in [-0.15, -0.1) is 0 Å². The van der Waals surface area contributed by atoms with Crippen molar-refractivity contribution in [2.45, 2.75) is 20.4 Å². The highest BCUT2D eigenvalue weighted by molar-refractivity contribution is 6.10. The minimum Gasteiger partial charge on any atom is -0.240 e. The summed E-state index contributed by atoms with van der Waals surface area (Å²) >= 11 is 0. The molecule has 0 atom stereocenters. The van der Waals surface area contributed by atoms with Crippen LogP contribution in [-0.4, -0.2) is 4.98 Å². The molecule has 3 aromatic rings. The summed E-state index contributed by atoms with van der Waals surface area (Å²) in [6.07, 6.45) is 2.12. The Kier molecular flexibility index (Phi) is 1.92. The van der Waals surface area contributed by atoms with Crippen molar-refractivity contribution in [2.24, 2.45) is 0 Å². The Balaban J connectivity index is 2.39. The molecule has 1 aliphatic heterocycles. The number of fused-ring (bicyclic) bond motifs is 2. The van der Waals surface area contributed by atoms with Gasteiger partial charge in [0.15, 0.2) is 12.7 Å². The fourth-order valence-corrected chi connectivity index (χ4v) is 3.30. The van der Waals surface area contributed by atoms with Gasteiger partial charge in [-0.1, -0.05) is 30.8 Å². The van der Waals surface area contributed by atoms with E-state index in [1.807, 2.05) is 0 Å². The molecule has 2 heteroatoms. The lowest BCUT2D eigenvalue weighted by Crippen LogP contribution is -2.31. The predicted octanol–water partition coefficient (Wildman–Crippen LogP) is 3.32. The van der Waals surface area contributed by atoms with Crippen molar-refractivity contribution in [3.05, 3.63) is 53.9 Å². The average molecular weight is 247 g/mol. The van der Waals surface area contributed by atoms with Crippen LogP contribution in [0.5, 0.6) is 0 Å². The Morgan fingerprint density at radius 3 is 2.68 bits per heavy atom. The Bertz CT molecular complexity index is 875. The number of aryl methyl sites for hydroxylation is 2. The van der Waals surface area contributed by atoms with Crippen molar-refractivity contribution in [3.63, 3.8) is 0 Å². The maximum Gasteiger partial charge on any atom is 0.240 e. The fraction of sp³-hybridized carbons (Fsp3) is 0.176. The van der Waals surface area contributed by atoms with E-state index >= 15 is 0 Å². The van der Waals surface area contributed by atoms with Gasteiger partial charge in [0.05, 0.1) is 5.56 Å². The first kappa shape index (κ1) is 10.7. The van der Waals surface area contributed by atoms with E-state index in [1.165, 1.54) is 33.0 Å². The molecule has 0 bridgehead atoms. The molecule has 2 heterocycles. The molecule has 0 amide bonds. The normalized spacial score (nSPS) is 13.7. The minimum absolute atomic E-state index is 0.881. The predicted molar refractivity (Wildman–Crippen MR) is 78.0 cm³/mol. The highest BCUT2D eigenvalue weighted by Gasteiger charge is 2.30. The van der Waals surface area contributed by atoms with E-state index in [-0.39, 0.29) is 0 Å². The highest BCUT2D eigenvalue weighted by Crippen LogP contribution is 2.36. The maximum absolute atomic E-state index is 4.78. The monoisotopic (exact) mass is 247 g/mol. The van der Waals surface area contributed by atoms with Crippen LogP contribution >= 0.6 is 0 Å². The zero-order valence-electron chi connectivity index (χ0n) is 11.2. The van der Waals surface area contributed by atoms with Crippen LogP contribution in [0.1, 0.15) is 16.8 Å². The number of aromatic nitrogens is 2. The minimum atomic E-state index is 0.881. The largest absolute Gasteiger partial charge is 0.240 e. The lowest BCUT2D eigenvalue weighted by molar-refractivity contribution is -0.654. The van der Waals surface area contributed by atoms with Crippen LogP contribution in [0, 0.1) is 13.8 Å². The Hall–Kier alpha value is -2.22. The Labute approximate surface area is 112 Å². The van der Waals surface area contributed by atoms with E-state index in [0.29, 0.717) is 0 Å². The zero-order chi connectivity index (χ0) is 13.1. The number of allylic oxidation sites excluding steroid dienone is 1. The third kappa shape index (κ3) is 1.26. The molecule has 2 nitrogen and oxygen atoms in total. The molecule has 0 N–H and O–H groups in total. The van der Waals surface area contributed by atoms with Crippen molar-refractivity contribution in [1.29, 1.82) is 0 Å². The lowest BCUT2D eigenvalue weighted by atomic mass is 9.95. The topological polar surface area (TPSA) is 16.8 Å². The van der Waals surface area contributed by atoms with Gasteiger partial charge in [0.25, 0.3) is 0 Å². The van der Waals surface area contributed by atoms with Gasteiger partial charge in [-0.3, -0.25) is 0 Å². The standard InChI is InChI=1S/C17H15N2/c1-10-8-19-9-11(2)18-16-14-7-5-4-6-13(14)12(3)15(10)17(16)19/h4-7,9H,1,8H2,2-3H3/q+1. The van der Waals surface area contributed by atoms with Gasteiger partial charge >= 0.3 is 0 Å². The Morgan fingerprint density at radius 1 is 1.16 bits per heavy atom. The SMILES string of the molecule is C=C1C[n+]2cc(C)nc3c4ccccc4c(C)c1c32. The van der Waals surface area contributed by atoms with Crippen LogP contribution < -0.4 is 4.57 Å². The smallest absolute Gasteiger partial charge is 0.240 e. The molecular formula is C17H15N2+. The zero-order valence-corrected chi connectivity index (χ0v) is 11.2. The summed E-state index contributed by atoms with van der Waals surface area (Å²) in [6, 6.07) is 8.53. The number of hydrogen-bond donors (Lipinski definition) is 0. The average Bonchev–Trinajstić information content (AvgIpc) is 2.72. The van der Waals surface area contributed by atoms with Gasteiger partial charge in [-0.05, 0) is 24.8 Å². The molecule has 0 aliphatic carbocycles. The molecule has 1 aliphatic rings. The Morgan fingerprint density at radius 2 is 1.89 bits per heavy atom. The quantitative estimate of drug-likeness (QED) is 0.440. The second-order valence-electron chi connectivity index (χ2n) is 5.36. The van der Waals surface area contributed by atoms with E-state index in [4.69, 9.17) is 4.98 Å². The van der Waals surface area contributed by atoms with Crippen molar-refractivity contribution in [3.8, 4) is 0 Å². The molecule has 0 spiro atoms. The van der Waals surface area contributed by atoms with E-state index in [9.17, 15) is 0 Å². The molecule has 19 heavy (non-hydrogen) atoms. The maximum atomic E-state index is 4.78. The number of rotatable bonds is 0. The van der Waals surface area contributed by atoms with Crippen molar-refractivity contribution in [2.75, 3.05) is 0 Å². The van der Waals surface area contributed by atoms with Crippen LogP contribution in [0.2, 0.25) is 0 Å². The summed E-state index contributed by atoms with van der Waals surface area (Å²) in [5, 5.41) is 2.53. The van der Waals surface area contributed by atoms with Crippen LogP contribution in [-0.2, 0) is 6.54 Å². The summed E-state index contributed by atoms with van der Waals surface area (Å²) in [5.41, 5.74) is 7.22. The first-order valence-corrected chi connectivity index (χ1v) is 6.57. The number of benzene rings is 2. The van der Waals surface area contributed by atoms with Gasteiger partial charge in [0.1, 0.15) is 11.2 Å².